The fourth-order valence-corrected chi connectivity index (χ4v) is 4.31. The molecule has 0 saturated heterocycles. The quantitative estimate of drug-likeness (QED) is 0.655. The van der Waals surface area contributed by atoms with Gasteiger partial charge in [-0.25, -0.2) is 13.1 Å². The molecule has 0 spiro atoms. The molecule has 7 nitrogen and oxygen atoms in total. The maximum atomic E-state index is 12.6. The average Bonchev–Trinajstić information content (AvgIpc) is 2.49. The van der Waals surface area contributed by atoms with Crippen molar-refractivity contribution in [2.45, 2.75) is 55.9 Å². The number of ether oxygens (including phenoxy) is 1. The maximum absolute atomic E-state index is 12.6. The minimum Gasteiger partial charge on any atom is -0.497 e. The Morgan fingerprint density at radius 3 is 2.35 bits per heavy atom. The van der Waals surface area contributed by atoms with Crippen molar-refractivity contribution < 1.29 is 18.1 Å². The van der Waals surface area contributed by atoms with Gasteiger partial charge in [-0.1, -0.05) is 32.1 Å². The van der Waals surface area contributed by atoms with Gasteiger partial charge in [0, 0.05) is 6.04 Å². The molecule has 1 aliphatic rings. The van der Waals surface area contributed by atoms with Crippen LogP contribution >= 0.6 is 0 Å². The van der Waals surface area contributed by atoms with Gasteiger partial charge >= 0.3 is 0 Å². The Balaban J connectivity index is 2.26. The summed E-state index contributed by atoms with van der Waals surface area (Å²) in [5.74, 6) is 0.251. The van der Waals surface area contributed by atoms with E-state index in [-0.39, 0.29) is 16.7 Å². The van der Waals surface area contributed by atoms with Crippen molar-refractivity contribution in [2.24, 2.45) is 0 Å². The Hall–Kier alpha value is -1.67. The number of methoxy groups -OCH3 is 1. The molecule has 0 bridgehead atoms. The van der Waals surface area contributed by atoms with Gasteiger partial charge < -0.3 is 4.74 Å². The molecule has 0 unspecified atom stereocenters. The smallest absolute Gasteiger partial charge is 0.293 e. The monoisotopic (exact) mass is 342 g/mol. The van der Waals surface area contributed by atoms with Crippen LogP contribution in [0.4, 0.5) is 5.69 Å². The molecule has 0 aromatic heterocycles. The van der Waals surface area contributed by atoms with Crippen molar-refractivity contribution in [3.05, 3.63) is 28.3 Å². The maximum Gasteiger partial charge on any atom is 0.293 e. The standard InChI is InChI=1S/C15H22N2O5S/c1-22-13-9-10-15(14(11-13)17(18)19)23(20,21)16-12-7-5-3-2-4-6-8-12/h9-12,16H,2-8H2,1H3. The third-order valence-corrected chi connectivity index (χ3v) is 5.65. The number of nitrogens with zero attached hydrogens (tertiary/aromatic N) is 1. The SMILES string of the molecule is COc1ccc(S(=O)(=O)NC2CCCCCCC2)c([N+](=O)[O-])c1. The predicted octanol–water partition coefficient (Wildman–Crippen LogP) is 2.99. The van der Waals surface area contributed by atoms with E-state index >= 15 is 0 Å². The Bertz CT molecular complexity index is 652. The summed E-state index contributed by atoms with van der Waals surface area (Å²) < 4.78 is 32.7. The van der Waals surface area contributed by atoms with E-state index in [1.807, 2.05) is 0 Å². The highest BCUT2D eigenvalue weighted by Crippen LogP contribution is 2.29. The average molecular weight is 342 g/mol. The normalized spacial score (nSPS) is 17.3. The lowest BCUT2D eigenvalue weighted by atomic mass is 9.97. The number of hydrogen-bond acceptors (Lipinski definition) is 5. The number of rotatable bonds is 5. The minimum atomic E-state index is -3.94. The summed E-state index contributed by atoms with van der Waals surface area (Å²) in [6.07, 6.45) is 6.85. The molecule has 0 atom stereocenters. The molecule has 0 radical (unpaired) electrons. The van der Waals surface area contributed by atoms with E-state index in [1.165, 1.54) is 25.7 Å². The molecule has 1 aromatic rings. The fraction of sp³-hybridized carbons (Fsp3) is 0.600. The van der Waals surface area contributed by atoms with Crippen molar-refractivity contribution in [1.29, 1.82) is 0 Å². The number of nitro groups is 1. The van der Waals surface area contributed by atoms with Crippen LogP contribution < -0.4 is 9.46 Å². The van der Waals surface area contributed by atoms with Gasteiger partial charge in [-0.2, -0.15) is 0 Å². The first-order valence-electron chi connectivity index (χ1n) is 7.79. The zero-order valence-electron chi connectivity index (χ0n) is 13.2. The van der Waals surface area contributed by atoms with Gasteiger partial charge in [-0.3, -0.25) is 10.1 Å². The van der Waals surface area contributed by atoms with Gasteiger partial charge in [-0.05, 0) is 25.0 Å². The molecule has 0 heterocycles. The fourth-order valence-electron chi connectivity index (χ4n) is 2.85. The summed E-state index contributed by atoms with van der Waals surface area (Å²) >= 11 is 0. The van der Waals surface area contributed by atoms with E-state index in [1.54, 1.807) is 0 Å². The molecular formula is C15H22N2O5S. The number of nitrogens with one attached hydrogen (secondary N) is 1. The van der Waals surface area contributed by atoms with Crippen LogP contribution in [-0.4, -0.2) is 26.5 Å². The zero-order valence-corrected chi connectivity index (χ0v) is 14.0. The third kappa shape index (κ3) is 4.65. The van der Waals surface area contributed by atoms with Gasteiger partial charge in [0.25, 0.3) is 5.69 Å². The Morgan fingerprint density at radius 2 is 1.78 bits per heavy atom. The molecule has 128 valence electrons. The highest BCUT2D eigenvalue weighted by Gasteiger charge is 2.28. The molecule has 1 N–H and O–H groups in total. The predicted molar refractivity (Wildman–Crippen MR) is 86.1 cm³/mol. The van der Waals surface area contributed by atoms with Crippen LogP contribution in [-0.2, 0) is 10.0 Å². The second-order valence-electron chi connectivity index (χ2n) is 5.75. The number of hydrogen-bond donors (Lipinski definition) is 1. The van der Waals surface area contributed by atoms with Crippen LogP contribution in [0.5, 0.6) is 5.75 Å². The lowest BCUT2D eigenvalue weighted by molar-refractivity contribution is -0.387. The summed E-state index contributed by atoms with van der Waals surface area (Å²) in [6.45, 7) is 0. The molecule has 0 amide bonds. The number of nitro benzene ring substituents is 1. The molecule has 1 aromatic carbocycles. The minimum absolute atomic E-state index is 0.165. The van der Waals surface area contributed by atoms with E-state index in [0.29, 0.717) is 0 Å². The topological polar surface area (TPSA) is 98.5 Å². The molecule has 2 rings (SSSR count). The molecule has 0 aliphatic heterocycles. The van der Waals surface area contributed by atoms with Crippen LogP contribution in [0.2, 0.25) is 0 Å². The number of sulfonamides is 1. The van der Waals surface area contributed by atoms with Crippen molar-refractivity contribution in [1.82, 2.24) is 4.72 Å². The van der Waals surface area contributed by atoms with E-state index in [2.05, 4.69) is 4.72 Å². The molecule has 23 heavy (non-hydrogen) atoms. The highest BCUT2D eigenvalue weighted by molar-refractivity contribution is 7.89. The van der Waals surface area contributed by atoms with Gasteiger partial charge in [-0.15, -0.1) is 0 Å². The zero-order chi connectivity index (χ0) is 16.9. The molecule has 1 aliphatic carbocycles. The van der Waals surface area contributed by atoms with E-state index in [0.717, 1.165) is 44.6 Å². The number of benzene rings is 1. The van der Waals surface area contributed by atoms with Gasteiger partial charge in [0.05, 0.1) is 18.1 Å². The molecule has 1 fully saturated rings. The van der Waals surface area contributed by atoms with Crippen LogP contribution in [0.25, 0.3) is 0 Å². The van der Waals surface area contributed by atoms with Crippen molar-refractivity contribution in [3.8, 4) is 5.75 Å². The summed E-state index contributed by atoms with van der Waals surface area (Å²) in [5, 5.41) is 11.2. The first kappa shape index (κ1) is 17.7. The van der Waals surface area contributed by atoms with Crippen LogP contribution in [0.1, 0.15) is 44.9 Å². The Kier molecular flexibility index (Phi) is 5.95. The van der Waals surface area contributed by atoms with E-state index in [9.17, 15) is 18.5 Å². The highest BCUT2D eigenvalue weighted by atomic mass is 32.2. The van der Waals surface area contributed by atoms with Gasteiger partial charge in [0.2, 0.25) is 10.0 Å². The summed E-state index contributed by atoms with van der Waals surface area (Å²) in [4.78, 5) is 10.2. The van der Waals surface area contributed by atoms with Crippen molar-refractivity contribution >= 4 is 15.7 Å². The second-order valence-corrected chi connectivity index (χ2v) is 7.44. The van der Waals surface area contributed by atoms with E-state index < -0.39 is 20.6 Å². The lowest BCUT2D eigenvalue weighted by Gasteiger charge is -2.21. The van der Waals surface area contributed by atoms with Gasteiger partial charge in [0.15, 0.2) is 4.90 Å². The van der Waals surface area contributed by atoms with Crippen LogP contribution in [0, 0.1) is 10.1 Å². The molecule has 8 heteroatoms. The molecule has 1 saturated carbocycles. The van der Waals surface area contributed by atoms with E-state index in [4.69, 9.17) is 4.74 Å². The molecular weight excluding hydrogens is 320 g/mol. The van der Waals surface area contributed by atoms with Crippen LogP contribution in [0.15, 0.2) is 23.1 Å². The summed E-state index contributed by atoms with van der Waals surface area (Å²) in [6, 6.07) is 3.61. The van der Waals surface area contributed by atoms with Crippen molar-refractivity contribution in [2.75, 3.05) is 7.11 Å². The van der Waals surface area contributed by atoms with Gasteiger partial charge in [0.1, 0.15) is 5.75 Å². The van der Waals surface area contributed by atoms with Crippen molar-refractivity contribution in [3.63, 3.8) is 0 Å². The first-order valence-corrected chi connectivity index (χ1v) is 9.27. The largest absolute Gasteiger partial charge is 0.497 e. The lowest BCUT2D eigenvalue weighted by Crippen LogP contribution is -2.35. The second kappa shape index (κ2) is 7.74. The Labute approximate surface area is 136 Å². The third-order valence-electron chi connectivity index (χ3n) is 4.08. The first-order chi connectivity index (χ1) is 10.9. The Morgan fingerprint density at radius 1 is 1.17 bits per heavy atom. The summed E-state index contributed by atoms with van der Waals surface area (Å²) in [5.41, 5.74) is -0.470. The summed E-state index contributed by atoms with van der Waals surface area (Å²) in [7, 11) is -2.56. The van der Waals surface area contributed by atoms with Crippen LogP contribution in [0.3, 0.4) is 0 Å².